The number of benzene rings is 1. The van der Waals surface area contributed by atoms with Crippen LogP contribution in [-0.2, 0) is 0 Å². The number of fused-ring (bicyclic) bond motifs is 1. The highest BCUT2D eigenvalue weighted by molar-refractivity contribution is 6.31. The molecule has 0 saturated heterocycles. The maximum Gasteiger partial charge on any atom is 0.124 e. The molecule has 0 N–H and O–H groups in total. The Labute approximate surface area is 80.6 Å². The molecule has 0 atom stereocenters. The van der Waals surface area contributed by atoms with Crippen LogP contribution in [0.1, 0.15) is 5.69 Å². The summed E-state index contributed by atoms with van der Waals surface area (Å²) in [5, 5.41) is 1.45. The van der Waals surface area contributed by atoms with Crippen molar-refractivity contribution in [1.82, 2.24) is 9.97 Å². The number of aromatic nitrogens is 2. The number of nitrogens with zero attached hydrogens (tertiary/aromatic N) is 2. The van der Waals surface area contributed by atoms with Crippen LogP contribution in [0.2, 0.25) is 5.02 Å². The first-order chi connectivity index (χ1) is 6.31. The fourth-order valence-electron chi connectivity index (χ4n) is 1.14. The van der Waals surface area contributed by atoms with Gasteiger partial charge in [-0.2, -0.15) is 0 Å². The van der Waals surface area contributed by atoms with Crippen LogP contribution in [0.3, 0.4) is 0 Å². The normalized spacial score (nSPS) is 9.85. The molecule has 0 bridgehead atoms. The Balaban J connectivity index is 2.89. The van der Waals surface area contributed by atoms with Gasteiger partial charge in [0.2, 0.25) is 0 Å². The van der Waals surface area contributed by atoms with Crippen LogP contribution in [0.15, 0.2) is 24.5 Å². The molecule has 0 radical (unpaired) electrons. The molecule has 1 aromatic heterocycles. The third-order valence-electron chi connectivity index (χ3n) is 1.73. The lowest BCUT2D eigenvalue weighted by Gasteiger charge is -1.98. The lowest BCUT2D eigenvalue weighted by atomic mass is 10.2. The molecule has 13 heavy (non-hydrogen) atoms. The van der Waals surface area contributed by atoms with Gasteiger partial charge in [0.05, 0.1) is 5.52 Å². The number of rotatable bonds is 0. The Morgan fingerprint density at radius 2 is 2.15 bits per heavy atom. The molecule has 0 aliphatic rings. The maximum atomic E-state index is 5.82. The molecule has 0 aliphatic heterocycles. The smallest absolute Gasteiger partial charge is 0.124 e. The molecule has 0 unspecified atom stereocenters. The third-order valence-corrected chi connectivity index (χ3v) is 1.97. The molecule has 0 fully saturated rings. The molecule has 0 saturated carbocycles. The summed E-state index contributed by atoms with van der Waals surface area (Å²) in [5.74, 6) is 2.49. The molecular weight excluding hydrogens is 184 g/mol. The molecule has 0 amide bonds. The SMILES string of the molecule is C#Cc1ncnc2ccc(Cl)cc12. The fraction of sp³-hybridized carbons (Fsp3) is 0. The first kappa shape index (κ1) is 8.03. The largest absolute Gasteiger partial charge is 0.236 e. The number of hydrogen-bond acceptors (Lipinski definition) is 2. The van der Waals surface area contributed by atoms with Gasteiger partial charge in [0.25, 0.3) is 0 Å². The van der Waals surface area contributed by atoms with Gasteiger partial charge in [-0.15, -0.1) is 6.42 Å². The summed E-state index contributed by atoms with van der Waals surface area (Å²) in [7, 11) is 0. The average Bonchev–Trinajstić information content (AvgIpc) is 2.17. The molecule has 62 valence electrons. The van der Waals surface area contributed by atoms with Crippen LogP contribution in [0.5, 0.6) is 0 Å². The van der Waals surface area contributed by atoms with Gasteiger partial charge in [0.15, 0.2) is 0 Å². The van der Waals surface area contributed by atoms with Crippen LogP contribution in [0, 0.1) is 12.3 Å². The summed E-state index contributed by atoms with van der Waals surface area (Å²) < 4.78 is 0. The average molecular weight is 189 g/mol. The molecule has 1 aromatic carbocycles. The monoisotopic (exact) mass is 188 g/mol. The summed E-state index contributed by atoms with van der Waals surface area (Å²) in [6, 6.07) is 5.36. The lowest BCUT2D eigenvalue weighted by Crippen LogP contribution is -1.87. The van der Waals surface area contributed by atoms with Crippen LogP contribution in [-0.4, -0.2) is 9.97 Å². The molecule has 2 nitrogen and oxygen atoms in total. The first-order valence-electron chi connectivity index (χ1n) is 3.68. The van der Waals surface area contributed by atoms with Crippen molar-refractivity contribution in [3.8, 4) is 12.3 Å². The van der Waals surface area contributed by atoms with E-state index in [1.165, 1.54) is 6.33 Å². The highest BCUT2D eigenvalue weighted by atomic mass is 35.5. The van der Waals surface area contributed by atoms with E-state index >= 15 is 0 Å². The second kappa shape index (κ2) is 3.04. The highest BCUT2D eigenvalue weighted by Gasteiger charge is 2.00. The van der Waals surface area contributed by atoms with Crippen molar-refractivity contribution in [2.75, 3.05) is 0 Å². The number of terminal acetylenes is 1. The van der Waals surface area contributed by atoms with Crippen molar-refractivity contribution < 1.29 is 0 Å². The quantitative estimate of drug-likeness (QED) is 0.593. The van der Waals surface area contributed by atoms with Crippen LogP contribution in [0.4, 0.5) is 0 Å². The van der Waals surface area contributed by atoms with E-state index in [1.807, 2.05) is 6.07 Å². The fourth-order valence-corrected chi connectivity index (χ4v) is 1.32. The van der Waals surface area contributed by atoms with Gasteiger partial charge in [-0.25, -0.2) is 9.97 Å². The van der Waals surface area contributed by atoms with E-state index in [2.05, 4.69) is 15.9 Å². The van der Waals surface area contributed by atoms with Crippen molar-refractivity contribution in [2.24, 2.45) is 0 Å². The first-order valence-corrected chi connectivity index (χ1v) is 4.06. The Bertz CT molecular complexity index is 500. The molecule has 2 aromatic rings. The summed E-state index contributed by atoms with van der Waals surface area (Å²) >= 11 is 5.82. The highest BCUT2D eigenvalue weighted by Crippen LogP contribution is 2.18. The molecule has 1 heterocycles. The van der Waals surface area contributed by atoms with Crippen molar-refractivity contribution in [1.29, 1.82) is 0 Å². The van der Waals surface area contributed by atoms with Crippen molar-refractivity contribution >= 4 is 22.5 Å². The van der Waals surface area contributed by atoms with E-state index in [9.17, 15) is 0 Å². The van der Waals surface area contributed by atoms with E-state index in [0.29, 0.717) is 10.7 Å². The maximum absolute atomic E-state index is 5.82. The third kappa shape index (κ3) is 1.34. The van der Waals surface area contributed by atoms with E-state index in [0.717, 1.165) is 10.9 Å². The van der Waals surface area contributed by atoms with Gasteiger partial charge in [-0.1, -0.05) is 11.6 Å². The zero-order valence-electron chi connectivity index (χ0n) is 6.66. The van der Waals surface area contributed by atoms with E-state index in [4.69, 9.17) is 18.0 Å². The van der Waals surface area contributed by atoms with Crippen molar-refractivity contribution in [3.63, 3.8) is 0 Å². The molecule has 0 aliphatic carbocycles. The Morgan fingerprint density at radius 3 is 2.92 bits per heavy atom. The predicted molar refractivity (Wildman–Crippen MR) is 52.5 cm³/mol. The van der Waals surface area contributed by atoms with E-state index in [1.54, 1.807) is 12.1 Å². The molecular formula is C10H5ClN2. The minimum absolute atomic E-state index is 0.576. The van der Waals surface area contributed by atoms with Gasteiger partial charge in [0.1, 0.15) is 12.0 Å². The zero-order valence-corrected chi connectivity index (χ0v) is 7.42. The lowest BCUT2D eigenvalue weighted by molar-refractivity contribution is 1.20. The van der Waals surface area contributed by atoms with E-state index in [-0.39, 0.29) is 0 Å². The van der Waals surface area contributed by atoms with Gasteiger partial charge in [-0.3, -0.25) is 0 Å². The zero-order chi connectivity index (χ0) is 9.26. The van der Waals surface area contributed by atoms with Crippen LogP contribution < -0.4 is 0 Å². The summed E-state index contributed by atoms with van der Waals surface area (Å²) in [4.78, 5) is 8.03. The van der Waals surface area contributed by atoms with Crippen LogP contribution in [0.25, 0.3) is 10.9 Å². The van der Waals surface area contributed by atoms with E-state index < -0.39 is 0 Å². The summed E-state index contributed by atoms with van der Waals surface area (Å²) in [6.07, 6.45) is 6.73. The van der Waals surface area contributed by atoms with Crippen molar-refractivity contribution in [3.05, 3.63) is 35.2 Å². The minimum atomic E-state index is 0.576. The molecule has 0 spiro atoms. The summed E-state index contributed by atoms with van der Waals surface area (Å²) in [5.41, 5.74) is 1.39. The standard InChI is InChI=1S/C10H5ClN2/c1-2-9-8-5-7(11)3-4-10(8)13-6-12-9/h1,3-6H. The Kier molecular flexibility index (Phi) is 1.88. The molecule has 3 heteroatoms. The Morgan fingerprint density at radius 1 is 1.31 bits per heavy atom. The second-order valence-electron chi connectivity index (χ2n) is 2.53. The van der Waals surface area contributed by atoms with Gasteiger partial charge in [-0.05, 0) is 24.1 Å². The van der Waals surface area contributed by atoms with Gasteiger partial charge in [0, 0.05) is 10.4 Å². The topological polar surface area (TPSA) is 25.8 Å². The van der Waals surface area contributed by atoms with Crippen LogP contribution >= 0.6 is 11.6 Å². The summed E-state index contributed by atoms with van der Waals surface area (Å²) in [6.45, 7) is 0. The Hall–Kier alpha value is -1.59. The van der Waals surface area contributed by atoms with Crippen molar-refractivity contribution in [2.45, 2.75) is 0 Å². The van der Waals surface area contributed by atoms with Gasteiger partial charge >= 0.3 is 0 Å². The number of halogens is 1. The molecule has 2 rings (SSSR count). The minimum Gasteiger partial charge on any atom is -0.236 e. The van der Waals surface area contributed by atoms with Gasteiger partial charge < -0.3 is 0 Å². The predicted octanol–water partition coefficient (Wildman–Crippen LogP) is 2.26. The number of hydrogen-bond donors (Lipinski definition) is 0. The second-order valence-corrected chi connectivity index (χ2v) is 2.96.